The van der Waals surface area contributed by atoms with Crippen molar-refractivity contribution in [2.45, 2.75) is 84.3 Å². The van der Waals surface area contributed by atoms with Crippen molar-refractivity contribution in [1.29, 1.82) is 0 Å². The van der Waals surface area contributed by atoms with Crippen molar-refractivity contribution in [2.75, 3.05) is 0 Å². The summed E-state index contributed by atoms with van der Waals surface area (Å²) in [5.41, 5.74) is 9.54. The van der Waals surface area contributed by atoms with Gasteiger partial charge in [0, 0.05) is 11.8 Å². The summed E-state index contributed by atoms with van der Waals surface area (Å²) < 4.78 is 0. The minimum atomic E-state index is -0.502. The highest BCUT2D eigenvalue weighted by Crippen LogP contribution is 2.65. The third-order valence-corrected chi connectivity index (χ3v) is 8.22. The van der Waals surface area contributed by atoms with Crippen LogP contribution in [0.4, 0.5) is 0 Å². The van der Waals surface area contributed by atoms with Crippen LogP contribution in [0.2, 0.25) is 0 Å². The average Bonchev–Trinajstić information content (AvgIpc) is 2.91. The van der Waals surface area contributed by atoms with Crippen LogP contribution in [0.15, 0.2) is 16.8 Å². The van der Waals surface area contributed by atoms with Crippen LogP contribution in [0.25, 0.3) is 10.4 Å². The van der Waals surface area contributed by atoms with Gasteiger partial charge in [0.1, 0.15) is 0 Å². The second-order valence-corrected chi connectivity index (χ2v) is 9.48. The molecule has 1 amide bonds. The van der Waals surface area contributed by atoms with E-state index in [2.05, 4.69) is 29.9 Å². The quantitative estimate of drug-likeness (QED) is 0.281. The molecule has 6 heteroatoms. The molecule has 0 bridgehead atoms. The molecule has 0 radical (unpaired) electrons. The lowest BCUT2D eigenvalue weighted by molar-refractivity contribution is -0.115. The zero-order chi connectivity index (χ0) is 19.8. The number of carbonyl (C=O) groups excluding carboxylic acids is 1. The molecule has 0 spiro atoms. The molecule has 7 atom stereocenters. The molecule has 4 aliphatic rings. The number of azide groups is 1. The summed E-state index contributed by atoms with van der Waals surface area (Å²) in [4.78, 5) is 11.8. The van der Waals surface area contributed by atoms with Crippen LogP contribution in [0.3, 0.4) is 0 Å². The van der Waals surface area contributed by atoms with Crippen LogP contribution in [-0.2, 0) is 4.79 Å². The average molecular weight is 376 g/mol. The van der Waals surface area contributed by atoms with Gasteiger partial charge in [0.05, 0.1) is 12.2 Å². The fraction of sp³-hybridized carbons (Fsp3) is 0.857. The molecule has 150 valence electrons. The highest BCUT2D eigenvalue weighted by molar-refractivity contribution is 5.73. The maximum Gasteiger partial charge on any atom is 0.215 e. The van der Waals surface area contributed by atoms with Crippen molar-refractivity contribution in [3.63, 3.8) is 0 Å². The summed E-state index contributed by atoms with van der Waals surface area (Å²) in [6.07, 6.45) is 11.2. The number of aliphatic hydroxyl groups excluding tert-OH is 2. The van der Waals surface area contributed by atoms with E-state index in [0.29, 0.717) is 5.41 Å². The predicted molar refractivity (Wildman–Crippen MR) is 104 cm³/mol. The fourth-order valence-corrected chi connectivity index (χ4v) is 6.75. The molecular formula is C21H33N3O3. The van der Waals surface area contributed by atoms with E-state index in [1.165, 1.54) is 39.0 Å². The van der Waals surface area contributed by atoms with Gasteiger partial charge in [0.15, 0.2) is 0 Å². The third-order valence-electron chi connectivity index (χ3n) is 8.22. The molecule has 0 heterocycles. The first-order valence-corrected chi connectivity index (χ1v) is 10.4. The number of carbonyl (C=O) groups is 1. The number of fused-ring (bicyclic) bond motifs is 5. The Hall–Kier alpha value is -1.36. The smallest absolute Gasteiger partial charge is 0.215 e. The van der Waals surface area contributed by atoms with Gasteiger partial charge in [-0.1, -0.05) is 25.5 Å². The first-order valence-electron chi connectivity index (χ1n) is 10.4. The highest BCUT2D eigenvalue weighted by Gasteiger charge is 2.58. The Morgan fingerprint density at radius 3 is 2.52 bits per heavy atom. The van der Waals surface area contributed by atoms with Gasteiger partial charge < -0.3 is 10.2 Å². The van der Waals surface area contributed by atoms with Crippen LogP contribution in [0, 0.1) is 28.6 Å². The van der Waals surface area contributed by atoms with Gasteiger partial charge in [-0.15, -0.1) is 0 Å². The molecule has 4 aliphatic carbocycles. The summed E-state index contributed by atoms with van der Waals surface area (Å²) in [6.45, 7) is 6.01. The highest BCUT2D eigenvalue weighted by atomic mass is 16.3. The summed E-state index contributed by atoms with van der Waals surface area (Å²) in [5, 5.41) is 23.1. The molecule has 4 rings (SSSR count). The van der Waals surface area contributed by atoms with Crippen molar-refractivity contribution in [3.8, 4) is 0 Å². The number of allylic oxidation sites excluding steroid dienone is 1. The van der Waals surface area contributed by atoms with Crippen molar-refractivity contribution >= 4 is 5.91 Å². The fourth-order valence-electron chi connectivity index (χ4n) is 6.75. The lowest BCUT2D eigenvalue weighted by Gasteiger charge is -2.58. The van der Waals surface area contributed by atoms with E-state index in [0.717, 1.165) is 37.0 Å². The Balaban J connectivity index is 0.000000307. The maximum absolute atomic E-state index is 10.5. The Labute approximate surface area is 161 Å². The lowest BCUT2D eigenvalue weighted by Crippen LogP contribution is -2.51. The molecule has 0 aliphatic heterocycles. The molecule has 0 saturated heterocycles. The van der Waals surface area contributed by atoms with Gasteiger partial charge in [-0.25, -0.2) is 0 Å². The van der Waals surface area contributed by atoms with E-state index in [1.54, 1.807) is 5.57 Å². The molecule has 2 N–H and O–H groups in total. The third kappa shape index (κ3) is 3.55. The van der Waals surface area contributed by atoms with Gasteiger partial charge in [-0.05, 0) is 90.6 Å². The van der Waals surface area contributed by atoms with Gasteiger partial charge >= 0.3 is 0 Å². The normalized spacial score (nSPS) is 45.1. The standard InChI is InChI=1S/C19H30O2.C2H3N3O/c1-18-9-7-13(20)11-12(18)3-4-14-15-5-6-17(21)19(15,2)10-8-16(14)18;1-2(6)4-5-3/h11,13-17,20-21H,3-10H2,1-2H3;1H3/t13-,14?,15?,16?,17?,18?,19?;/m1./s1. The van der Waals surface area contributed by atoms with E-state index in [4.69, 9.17) is 5.53 Å². The maximum atomic E-state index is 10.5. The summed E-state index contributed by atoms with van der Waals surface area (Å²) in [7, 11) is 0. The van der Waals surface area contributed by atoms with Crippen molar-refractivity contribution in [2.24, 2.45) is 33.7 Å². The molecular weight excluding hydrogens is 342 g/mol. The molecule has 6 unspecified atom stereocenters. The number of hydrogen-bond donors (Lipinski definition) is 2. The van der Waals surface area contributed by atoms with Crippen LogP contribution in [-0.4, -0.2) is 28.3 Å². The number of nitrogens with zero attached hydrogens (tertiary/aromatic N) is 3. The first kappa shape index (κ1) is 20.4. The Bertz CT molecular complexity index is 672. The predicted octanol–water partition coefficient (Wildman–Crippen LogP) is 4.51. The van der Waals surface area contributed by atoms with Crippen molar-refractivity contribution < 1.29 is 15.0 Å². The SMILES string of the molecule is CC(=O)N=[N+]=[N-].CC12CC[C@@H](O)C=C1CCC1C2CCC2(C)C(O)CCC12. The molecule has 0 aromatic rings. The second kappa shape index (κ2) is 7.57. The summed E-state index contributed by atoms with van der Waals surface area (Å²) >= 11 is 0. The van der Waals surface area contributed by atoms with Gasteiger partial charge in [-0.2, -0.15) is 0 Å². The van der Waals surface area contributed by atoms with Crippen molar-refractivity contribution in [3.05, 3.63) is 22.1 Å². The van der Waals surface area contributed by atoms with E-state index in [-0.39, 0.29) is 17.6 Å². The summed E-state index contributed by atoms with van der Waals surface area (Å²) in [6, 6.07) is 0. The Morgan fingerprint density at radius 1 is 1.15 bits per heavy atom. The van der Waals surface area contributed by atoms with Gasteiger partial charge in [0.2, 0.25) is 5.91 Å². The summed E-state index contributed by atoms with van der Waals surface area (Å²) in [5.74, 6) is 1.82. The Kier molecular flexibility index (Phi) is 5.72. The second-order valence-electron chi connectivity index (χ2n) is 9.48. The molecule has 0 aromatic carbocycles. The zero-order valence-corrected chi connectivity index (χ0v) is 16.8. The number of aliphatic hydroxyl groups is 2. The largest absolute Gasteiger partial charge is 0.393 e. The monoisotopic (exact) mass is 375 g/mol. The van der Waals surface area contributed by atoms with E-state index < -0.39 is 5.91 Å². The molecule has 3 saturated carbocycles. The lowest BCUT2D eigenvalue weighted by atomic mass is 9.47. The molecule has 27 heavy (non-hydrogen) atoms. The van der Waals surface area contributed by atoms with E-state index in [9.17, 15) is 15.0 Å². The van der Waals surface area contributed by atoms with Crippen LogP contribution in [0.5, 0.6) is 0 Å². The number of hydrogen-bond acceptors (Lipinski definition) is 3. The number of amides is 1. The molecule has 6 nitrogen and oxygen atoms in total. The number of rotatable bonds is 0. The van der Waals surface area contributed by atoms with E-state index in [1.807, 2.05) is 0 Å². The van der Waals surface area contributed by atoms with Crippen LogP contribution < -0.4 is 0 Å². The van der Waals surface area contributed by atoms with Crippen molar-refractivity contribution in [1.82, 2.24) is 0 Å². The zero-order valence-electron chi connectivity index (χ0n) is 16.8. The molecule has 3 fully saturated rings. The van der Waals surface area contributed by atoms with Crippen LogP contribution in [0.1, 0.15) is 72.1 Å². The minimum absolute atomic E-state index is 0.0682. The minimum Gasteiger partial charge on any atom is -0.393 e. The van der Waals surface area contributed by atoms with Gasteiger partial charge in [-0.3, -0.25) is 4.79 Å². The first-order chi connectivity index (χ1) is 12.7. The van der Waals surface area contributed by atoms with E-state index >= 15 is 0 Å². The van der Waals surface area contributed by atoms with Gasteiger partial charge in [0.25, 0.3) is 0 Å². The topological polar surface area (TPSA) is 106 Å². The molecule has 0 aromatic heterocycles. The van der Waals surface area contributed by atoms with Crippen LogP contribution >= 0.6 is 0 Å². The Morgan fingerprint density at radius 2 is 1.89 bits per heavy atom.